The predicted molar refractivity (Wildman–Crippen MR) is 63.2 cm³/mol. The molecule has 0 radical (unpaired) electrons. The highest BCUT2D eigenvalue weighted by atomic mass is 16.1. The SMILES string of the molecule is Cc1cncc(NC(=O)C2CCCNC2)c1. The van der Waals surface area contributed by atoms with Crippen molar-refractivity contribution in [3.63, 3.8) is 0 Å². The molecule has 1 saturated heterocycles. The normalized spacial score (nSPS) is 20.4. The molecule has 1 atom stereocenters. The molecule has 16 heavy (non-hydrogen) atoms. The van der Waals surface area contributed by atoms with Gasteiger partial charge < -0.3 is 10.6 Å². The van der Waals surface area contributed by atoms with Crippen LogP contribution in [0.1, 0.15) is 18.4 Å². The Morgan fingerprint density at radius 2 is 2.44 bits per heavy atom. The Labute approximate surface area is 95.5 Å². The van der Waals surface area contributed by atoms with Gasteiger partial charge >= 0.3 is 0 Å². The van der Waals surface area contributed by atoms with E-state index >= 15 is 0 Å². The number of carbonyl (C=O) groups is 1. The third-order valence-corrected chi connectivity index (χ3v) is 2.81. The minimum atomic E-state index is 0.0919. The van der Waals surface area contributed by atoms with Crippen molar-refractivity contribution in [1.82, 2.24) is 10.3 Å². The number of nitrogens with one attached hydrogen (secondary N) is 2. The zero-order valence-electron chi connectivity index (χ0n) is 9.49. The molecule has 0 aliphatic carbocycles. The summed E-state index contributed by atoms with van der Waals surface area (Å²) in [7, 11) is 0. The lowest BCUT2D eigenvalue weighted by molar-refractivity contribution is -0.120. The maximum Gasteiger partial charge on any atom is 0.228 e. The van der Waals surface area contributed by atoms with E-state index in [-0.39, 0.29) is 11.8 Å². The number of aromatic nitrogens is 1. The number of amides is 1. The van der Waals surface area contributed by atoms with E-state index in [0.717, 1.165) is 37.2 Å². The van der Waals surface area contributed by atoms with Crippen molar-refractivity contribution in [2.75, 3.05) is 18.4 Å². The summed E-state index contributed by atoms with van der Waals surface area (Å²) in [4.78, 5) is 16.0. The summed E-state index contributed by atoms with van der Waals surface area (Å²) in [5.74, 6) is 0.189. The topological polar surface area (TPSA) is 54.0 Å². The number of hydrogen-bond acceptors (Lipinski definition) is 3. The molecule has 0 spiro atoms. The van der Waals surface area contributed by atoms with E-state index in [1.807, 2.05) is 13.0 Å². The van der Waals surface area contributed by atoms with Crippen LogP contribution in [0.2, 0.25) is 0 Å². The first-order valence-electron chi connectivity index (χ1n) is 5.69. The van der Waals surface area contributed by atoms with E-state index in [4.69, 9.17) is 0 Å². The lowest BCUT2D eigenvalue weighted by Gasteiger charge is -2.21. The van der Waals surface area contributed by atoms with Crippen molar-refractivity contribution in [3.05, 3.63) is 24.0 Å². The summed E-state index contributed by atoms with van der Waals surface area (Å²) in [5.41, 5.74) is 1.84. The van der Waals surface area contributed by atoms with Crippen molar-refractivity contribution >= 4 is 11.6 Å². The van der Waals surface area contributed by atoms with Gasteiger partial charge in [0.1, 0.15) is 0 Å². The van der Waals surface area contributed by atoms with Crippen LogP contribution in [0.15, 0.2) is 18.5 Å². The summed E-state index contributed by atoms with van der Waals surface area (Å²) in [6.07, 6.45) is 5.50. The zero-order valence-corrected chi connectivity index (χ0v) is 9.49. The first kappa shape index (κ1) is 11.1. The van der Waals surface area contributed by atoms with Crippen LogP contribution in [0, 0.1) is 12.8 Å². The monoisotopic (exact) mass is 219 g/mol. The third kappa shape index (κ3) is 2.79. The van der Waals surface area contributed by atoms with Gasteiger partial charge in [0, 0.05) is 12.7 Å². The standard InChI is InChI=1S/C12H17N3O/c1-9-5-11(8-14-6-9)15-12(16)10-3-2-4-13-7-10/h5-6,8,10,13H,2-4,7H2,1H3,(H,15,16). The Morgan fingerprint density at radius 3 is 3.12 bits per heavy atom. The molecule has 1 aliphatic heterocycles. The van der Waals surface area contributed by atoms with E-state index in [2.05, 4.69) is 15.6 Å². The lowest BCUT2D eigenvalue weighted by Crippen LogP contribution is -2.37. The molecule has 2 N–H and O–H groups in total. The highest BCUT2D eigenvalue weighted by Gasteiger charge is 2.20. The molecule has 1 aromatic rings. The van der Waals surface area contributed by atoms with Crippen LogP contribution in [0.3, 0.4) is 0 Å². The summed E-state index contributed by atoms with van der Waals surface area (Å²) in [6, 6.07) is 1.93. The second kappa shape index (κ2) is 5.07. The number of aryl methyl sites for hydroxylation is 1. The largest absolute Gasteiger partial charge is 0.324 e. The molecule has 1 aromatic heterocycles. The highest BCUT2D eigenvalue weighted by molar-refractivity contribution is 5.92. The Hall–Kier alpha value is -1.42. The number of anilines is 1. The van der Waals surface area contributed by atoms with Crippen LogP contribution in [-0.4, -0.2) is 24.0 Å². The first-order valence-corrected chi connectivity index (χ1v) is 5.69. The quantitative estimate of drug-likeness (QED) is 0.789. The molecule has 4 nitrogen and oxygen atoms in total. The van der Waals surface area contributed by atoms with Gasteiger partial charge in [-0.05, 0) is 37.9 Å². The average molecular weight is 219 g/mol. The maximum atomic E-state index is 11.9. The van der Waals surface area contributed by atoms with E-state index in [0.29, 0.717) is 0 Å². The number of rotatable bonds is 2. The Kier molecular flexibility index (Phi) is 3.51. The van der Waals surface area contributed by atoms with Gasteiger partial charge in [0.15, 0.2) is 0 Å². The molecule has 1 unspecified atom stereocenters. The predicted octanol–water partition coefficient (Wildman–Crippen LogP) is 1.33. The van der Waals surface area contributed by atoms with Gasteiger partial charge in [-0.3, -0.25) is 9.78 Å². The molecule has 0 saturated carbocycles. The van der Waals surface area contributed by atoms with Crippen molar-refractivity contribution < 1.29 is 4.79 Å². The fraction of sp³-hybridized carbons (Fsp3) is 0.500. The highest BCUT2D eigenvalue weighted by Crippen LogP contribution is 2.14. The van der Waals surface area contributed by atoms with E-state index in [1.54, 1.807) is 12.4 Å². The maximum absolute atomic E-state index is 11.9. The van der Waals surface area contributed by atoms with E-state index in [9.17, 15) is 4.79 Å². The van der Waals surface area contributed by atoms with Crippen LogP contribution in [0.5, 0.6) is 0 Å². The average Bonchev–Trinajstić information content (AvgIpc) is 2.30. The van der Waals surface area contributed by atoms with Crippen molar-refractivity contribution in [3.8, 4) is 0 Å². The molecule has 1 fully saturated rings. The minimum absolute atomic E-state index is 0.0919. The molecule has 1 amide bonds. The van der Waals surface area contributed by atoms with Crippen LogP contribution >= 0.6 is 0 Å². The molecule has 2 rings (SSSR count). The Morgan fingerprint density at radius 1 is 1.56 bits per heavy atom. The molecule has 1 aliphatic rings. The second-order valence-corrected chi connectivity index (χ2v) is 4.28. The smallest absolute Gasteiger partial charge is 0.228 e. The van der Waals surface area contributed by atoms with E-state index in [1.165, 1.54) is 0 Å². The van der Waals surface area contributed by atoms with Gasteiger partial charge in [-0.1, -0.05) is 0 Å². The van der Waals surface area contributed by atoms with Gasteiger partial charge in [0.25, 0.3) is 0 Å². The van der Waals surface area contributed by atoms with E-state index < -0.39 is 0 Å². The van der Waals surface area contributed by atoms with Gasteiger partial charge in [0.2, 0.25) is 5.91 Å². The first-order chi connectivity index (χ1) is 7.75. The summed E-state index contributed by atoms with van der Waals surface area (Å²) >= 11 is 0. The molecule has 0 aromatic carbocycles. The Balaban J connectivity index is 1.96. The van der Waals surface area contributed by atoms with Crippen LogP contribution < -0.4 is 10.6 Å². The zero-order chi connectivity index (χ0) is 11.4. The van der Waals surface area contributed by atoms with Crippen LogP contribution in [0.25, 0.3) is 0 Å². The fourth-order valence-corrected chi connectivity index (χ4v) is 1.94. The number of pyridine rings is 1. The summed E-state index contributed by atoms with van der Waals surface area (Å²) in [5, 5.41) is 6.15. The fourth-order valence-electron chi connectivity index (χ4n) is 1.94. The molecule has 86 valence electrons. The molecule has 4 heteroatoms. The number of carbonyl (C=O) groups excluding carboxylic acids is 1. The summed E-state index contributed by atoms with van der Waals surface area (Å²) in [6.45, 7) is 3.77. The summed E-state index contributed by atoms with van der Waals surface area (Å²) < 4.78 is 0. The van der Waals surface area contributed by atoms with Gasteiger partial charge in [-0.25, -0.2) is 0 Å². The lowest BCUT2D eigenvalue weighted by atomic mass is 9.99. The van der Waals surface area contributed by atoms with Crippen LogP contribution in [0.4, 0.5) is 5.69 Å². The van der Waals surface area contributed by atoms with Gasteiger partial charge in [-0.2, -0.15) is 0 Å². The third-order valence-electron chi connectivity index (χ3n) is 2.81. The second-order valence-electron chi connectivity index (χ2n) is 4.28. The van der Waals surface area contributed by atoms with Gasteiger partial charge in [-0.15, -0.1) is 0 Å². The molecular formula is C12H17N3O. The Bertz CT molecular complexity index is 372. The van der Waals surface area contributed by atoms with Crippen molar-refractivity contribution in [2.24, 2.45) is 5.92 Å². The molecule has 0 bridgehead atoms. The molecule has 2 heterocycles. The van der Waals surface area contributed by atoms with Gasteiger partial charge in [0.05, 0.1) is 17.8 Å². The van der Waals surface area contributed by atoms with Crippen molar-refractivity contribution in [1.29, 1.82) is 0 Å². The molecular weight excluding hydrogens is 202 g/mol. The van der Waals surface area contributed by atoms with Crippen LogP contribution in [-0.2, 0) is 4.79 Å². The minimum Gasteiger partial charge on any atom is -0.324 e. The number of hydrogen-bond donors (Lipinski definition) is 2. The number of piperidine rings is 1. The number of nitrogens with zero attached hydrogens (tertiary/aromatic N) is 1. The van der Waals surface area contributed by atoms with Crippen molar-refractivity contribution in [2.45, 2.75) is 19.8 Å².